The number of nitrogens with one attached hydrogen (secondary N) is 1. The van der Waals surface area contributed by atoms with Crippen LogP contribution in [0.1, 0.15) is 32.1 Å². The smallest absolute Gasteiger partial charge is 0.162 e. The van der Waals surface area contributed by atoms with E-state index in [0.717, 1.165) is 27.4 Å². The van der Waals surface area contributed by atoms with E-state index in [4.69, 9.17) is 9.97 Å². The third-order valence-electron chi connectivity index (χ3n) is 4.19. The van der Waals surface area contributed by atoms with Crippen molar-refractivity contribution in [1.29, 1.82) is 0 Å². The molecule has 1 aliphatic rings. The summed E-state index contributed by atoms with van der Waals surface area (Å²) in [5, 5.41) is 5.75. The lowest BCUT2D eigenvalue weighted by atomic mass is 9.95. The summed E-state index contributed by atoms with van der Waals surface area (Å²) in [6.07, 6.45) is 10.0. The molecule has 0 radical (unpaired) electrons. The molecule has 3 aromatic heterocycles. The summed E-state index contributed by atoms with van der Waals surface area (Å²) in [5.41, 5.74) is 2.03. The molecule has 0 aromatic carbocycles. The Bertz CT molecular complexity index is 763. The molecule has 0 aliphatic heterocycles. The van der Waals surface area contributed by atoms with Crippen molar-refractivity contribution in [3.05, 3.63) is 36.0 Å². The van der Waals surface area contributed by atoms with Gasteiger partial charge in [0.2, 0.25) is 0 Å². The van der Waals surface area contributed by atoms with Crippen molar-refractivity contribution in [2.75, 3.05) is 5.32 Å². The Labute approximate surface area is 133 Å². The van der Waals surface area contributed by atoms with Crippen LogP contribution in [0.5, 0.6) is 0 Å². The van der Waals surface area contributed by atoms with E-state index in [9.17, 15) is 0 Å². The molecule has 22 heavy (non-hydrogen) atoms. The highest BCUT2D eigenvalue weighted by molar-refractivity contribution is 7.17. The van der Waals surface area contributed by atoms with Gasteiger partial charge in [-0.2, -0.15) is 0 Å². The van der Waals surface area contributed by atoms with Gasteiger partial charge in [0.25, 0.3) is 0 Å². The fraction of sp³-hybridized carbons (Fsp3) is 0.353. The van der Waals surface area contributed by atoms with Crippen molar-refractivity contribution >= 4 is 27.4 Å². The van der Waals surface area contributed by atoms with Gasteiger partial charge >= 0.3 is 0 Å². The molecule has 3 heterocycles. The number of hydrogen-bond acceptors (Lipinski definition) is 5. The van der Waals surface area contributed by atoms with Crippen LogP contribution in [0.2, 0.25) is 0 Å². The van der Waals surface area contributed by atoms with Gasteiger partial charge in [-0.25, -0.2) is 9.97 Å². The molecule has 0 saturated heterocycles. The predicted molar refractivity (Wildman–Crippen MR) is 91.1 cm³/mol. The lowest BCUT2D eigenvalue weighted by Crippen LogP contribution is -2.23. The molecule has 0 spiro atoms. The summed E-state index contributed by atoms with van der Waals surface area (Å²) in [6.45, 7) is 0. The van der Waals surface area contributed by atoms with Crippen LogP contribution in [0.4, 0.5) is 5.82 Å². The number of anilines is 1. The number of pyridine rings is 1. The van der Waals surface area contributed by atoms with E-state index in [1.54, 1.807) is 23.7 Å². The second kappa shape index (κ2) is 6.01. The van der Waals surface area contributed by atoms with E-state index in [2.05, 4.69) is 21.7 Å². The first-order valence-corrected chi connectivity index (χ1v) is 8.70. The third kappa shape index (κ3) is 2.68. The molecule has 4 rings (SSSR count). The quantitative estimate of drug-likeness (QED) is 0.774. The normalized spacial score (nSPS) is 16.0. The van der Waals surface area contributed by atoms with Crippen LogP contribution in [0.25, 0.3) is 21.6 Å². The highest BCUT2D eigenvalue weighted by atomic mass is 32.1. The maximum atomic E-state index is 4.80. The monoisotopic (exact) mass is 310 g/mol. The van der Waals surface area contributed by atoms with Crippen LogP contribution in [-0.4, -0.2) is 21.0 Å². The highest BCUT2D eigenvalue weighted by Gasteiger charge is 2.17. The molecule has 112 valence electrons. The number of nitrogens with zero attached hydrogens (tertiary/aromatic N) is 3. The molecule has 0 amide bonds. The van der Waals surface area contributed by atoms with Crippen molar-refractivity contribution in [2.45, 2.75) is 38.1 Å². The fourth-order valence-corrected chi connectivity index (χ4v) is 3.82. The molecule has 0 unspecified atom stereocenters. The van der Waals surface area contributed by atoms with Gasteiger partial charge in [0.15, 0.2) is 5.82 Å². The molecule has 0 atom stereocenters. The maximum Gasteiger partial charge on any atom is 0.162 e. The van der Waals surface area contributed by atoms with E-state index in [1.165, 1.54) is 32.1 Å². The molecule has 1 aliphatic carbocycles. The second-order valence-corrected chi connectivity index (χ2v) is 6.66. The zero-order chi connectivity index (χ0) is 14.8. The van der Waals surface area contributed by atoms with Crippen molar-refractivity contribution < 1.29 is 0 Å². The molecule has 1 fully saturated rings. The molecule has 1 saturated carbocycles. The highest BCUT2D eigenvalue weighted by Crippen LogP contribution is 2.31. The largest absolute Gasteiger partial charge is 0.366 e. The van der Waals surface area contributed by atoms with Crippen LogP contribution in [-0.2, 0) is 0 Å². The Morgan fingerprint density at radius 3 is 2.64 bits per heavy atom. The fourth-order valence-electron chi connectivity index (χ4n) is 3.03. The van der Waals surface area contributed by atoms with Gasteiger partial charge in [-0.3, -0.25) is 4.98 Å². The van der Waals surface area contributed by atoms with Gasteiger partial charge in [-0.1, -0.05) is 19.3 Å². The average Bonchev–Trinajstić information content (AvgIpc) is 3.05. The maximum absolute atomic E-state index is 4.80. The van der Waals surface area contributed by atoms with E-state index in [1.807, 2.05) is 12.1 Å². The van der Waals surface area contributed by atoms with Crippen LogP contribution in [0, 0.1) is 0 Å². The zero-order valence-electron chi connectivity index (χ0n) is 12.3. The number of rotatable bonds is 3. The molecule has 5 heteroatoms. The number of aromatic nitrogens is 3. The van der Waals surface area contributed by atoms with Crippen LogP contribution < -0.4 is 5.32 Å². The Morgan fingerprint density at radius 2 is 1.82 bits per heavy atom. The Kier molecular flexibility index (Phi) is 3.72. The Balaban J connectivity index is 1.74. The van der Waals surface area contributed by atoms with Gasteiger partial charge in [-0.15, -0.1) is 11.3 Å². The predicted octanol–water partition coefficient (Wildman–Crippen LogP) is 4.50. The van der Waals surface area contributed by atoms with Crippen molar-refractivity contribution in [2.24, 2.45) is 0 Å². The van der Waals surface area contributed by atoms with E-state index in [-0.39, 0.29) is 0 Å². The average molecular weight is 310 g/mol. The minimum Gasteiger partial charge on any atom is -0.366 e. The third-order valence-corrected chi connectivity index (χ3v) is 5.10. The van der Waals surface area contributed by atoms with E-state index < -0.39 is 0 Å². The summed E-state index contributed by atoms with van der Waals surface area (Å²) in [4.78, 5) is 13.6. The number of thiophene rings is 1. The standard InChI is InChI=1S/C17H18N4S/c1-2-4-13(5-3-1)19-17-15-14(8-11-22-15)20-16(21-17)12-6-9-18-10-7-12/h6-11,13H,1-5H2,(H,19,20,21). The molecular weight excluding hydrogens is 292 g/mol. The van der Waals surface area contributed by atoms with Gasteiger partial charge < -0.3 is 5.32 Å². The lowest BCUT2D eigenvalue weighted by molar-refractivity contribution is 0.462. The van der Waals surface area contributed by atoms with Gasteiger partial charge in [0, 0.05) is 24.0 Å². The summed E-state index contributed by atoms with van der Waals surface area (Å²) < 4.78 is 1.16. The summed E-state index contributed by atoms with van der Waals surface area (Å²) >= 11 is 1.71. The SMILES string of the molecule is c1cc(-c2nc(NC3CCCCC3)c3sccc3n2)ccn1. The van der Waals surface area contributed by atoms with Crippen LogP contribution in [0.3, 0.4) is 0 Å². The molecular formula is C17H18N4S. The molecule has 3 aromatic rings. The summed E-state index contributed by atoms with van der Waals surface area (Å²) in [5.74, 6) is 1.75. The molecule has 0 bridgehead atoms. The summed E-state index contributed by atoms with van der Waals surface area (Å²) in [7, 11) is 0. The first kappa shape index (κ1) is 13.6. The molecule has 1 N–H and O–H groups in total. The van der Waals surface area contributed by atoms with Crippen molar-refractivity contribution in [3.63, 3.8) is 0 Å². The second-order valence-electron chi connectivity index (χ2n) is 5.75. The van der Waals surface area contributed by atoms with E-state index in [0.29, 0.717) is 6.04 Å². The van der Waals surface area contributed by atoms with Crippen LogP contribution in [0.15, 0.2) is 36.0 Å². The topological polar surface area (TPSA) is 50.7 Å². The minimum absolute atomic E-state index is 0.541. The first-order valence-electron chi connectivity index (χ1n) is 7.82. The Morgan fingerprint density at radius 1 is 1.00 bits per heavy atom. The number of hydrogen-bond donors (Lipinski definition) is 1. The van der Waals surface area contributed by atoms with Gasteiger partial charge in [0.05, 0.1) is 10.2 Å². The van der Waals surface area contributed by atoms with Crippen molar-refractivity contribution in [3.8, 4) is 11.4 Å². The molecule has 4 nitrogen and oxygen atoms in total. The summed E-state index contributed by atoms with van der Waals surface area (Å²) in [6, 6.07) is 6.52. The van der Waals surface area contributed by atoms with Gasteiger partial charge in [-0.05, 0) is 36.4 Å². The Hall–Kier alpha value is -2.01. The zero-order valence-corrected chi connectivity index (χ0v) is 13.1. The number of fused-ring (bicyclic) bond motifs is 1. The van der Waals surface area contributed by atoms with Gasteiger partial charge in [0.1, 0.15) is 5.82 Å². The van der Waals surface area contributed by atoms with E-state index >= 15 is 0 Å². The van der Waals surface area contributed by atoms with Crippen molar-refractivity contribution in [1.82, 2.24) is 15.0 Å². The van der Waals surface area contributed by atoms with Crippen LogP contribution >= 0.6 is 11.3 Å². The minimum atomic E-state index is 0.541. The lowest BCUT2D eigenvalue weighted by Gasteiger charge is -2.23. The first-order chi connectivity index (χ1) is 10.9.